The molecule has 0 amide bonds. The molecule has 0 aliphatic carbocycles. The fraction of sp³-hybridized carbons (Fsp3) is 0.500. The molecule has 1 unspecified atom stereocenters. The molecular weight excluding hydrogens is 298 g/mol. The summed E-state index contributed by atoms with van der Waals surface area (Å²) in [6, 6.07) is 7.56. The van der Waals surface area contributed by atoms with Crippen LogP contribution in [0.4, 0.5) is 0 Å². The Kier molecular flexibility index (Phi) is 5.22. The van der Waals surface area contributed by atoms with E-state index in [0.717, 1.165) is 17.9 Å². The van der Waals surface area contributed by atoms with Crippen LogP contribution in [0.25, 0.3) is 11.4 Å². The average Bonchev–Trinajstić information content (AvgIpc) is 3.04. The van der Waals surface area contributed by atoms with Crippen LogP contribution in [0.15, 0.2) is 28.8 Å². The van der Waals surface area contributed by atoms with Crippen LogP contribution in [0.3, 0.4) is 0 Å². The van der Waals surface area contributed by atoms with Crippen LogP contribution in [0.2, 0.25) is 0 Å². The Hall–Kier alpha value is -1.96. The van der Waals surface area contributed by atoms with E-state index in [0.29, 0.717) is 38.1 Å². The van der Waals surface area contributed by atoms with Crippen LogP contribution in [0, 0.1) is 0 Å². The van der Waals surface area contributed by atoms with Gasteiger partial charge in [-0.2, -0.15) is 4.98 Å². The van der Waals surface area contributed by atoms with Crippen LogP contribution in [-0.4, -0.2) is 61.7 Å². The molecule has 124 valence electrons. The summed E-state index contributed by atoms with van der Waals surface area (Å²) in [6.07, 6.45) is 0.0951. The average molecular weight is 319 g/mol. The molecule has 3 rings (SSSR count). The summed E-state index contributed by atoms with van der Waals surface area (Å²) in [7, 11) is 3.63. The molecule has 1 aliphatic heterocycles. The molecule has 1 atom stereocenters. The molecule has 0 radical (unpaired) electrons. The SMILES string of the molecule is COc1ccc(-c2noc(CN(C)CC3COCCO3)n2)cc1. The van der Waals surface area contributed by atoms with Gasteiger partial charge in [0.05, 0.1) is 39.6 Å². The maximum Gasteiger partial charge on any atom is 0.241 e. The van der Waals surface area contributed by atoms with Gasteiger partial charge in [-0.15, -0.1) is 0 Å². The van der Waals surface area contributed by atoms with Crippen molar-refractivity contribution in [2.75, 3.05) is 40.5 Å². The first kappa shape index (κ1) is 15.9. The summed E-state index contributed by atoms with van der Waals surface area (Å²) < 4.78 is 21.5. The summed E-state index contributed by atoms with van der Waals surface area (Å²) in [5.74, 6) is 1.95. The molecule has 2 heterocycles. The van der Waals surface area contributed by atoms with Crippen molar-refractivity contribution in [2.45, 2.75) is 12.6 Å². The number of hydrogen-bond donors (Lipinski definition) is 0. The normalized spacial score (nSPS) is 18.3. The van der Waals surface area contributed by atoms with Crippen molar-refractivity contribution in [1.82, 2.24) is 15.0 Å². The first-order valence-corrected chi connectivity index (χ1v) is 7.59. The molecule has 2 aromatic rings. The summed E-state index contributed by atoms with van der Waals surface area (Å²) >= 11 is 0. The Bertz CT molecular complexity index is 608. The van der Waals surface area contributed by atoms with Gasteiger partial charge in [0.25, 0.3) is 0 Å². The topological polar surface area (TPSA) is 69.9 Å². The number of hydrogen-bond acceptors (Lipinski definition) is 7. The highest BCUT2D eigenvalue weighted by atomic mass is 16.6. The molecule has 0 saturated carbocycles. The van der Waals surface area contributed by atoms with E-state index in [1.54, 1.807) is 7.11 Å². The van der Waals surface area contributed by atoms with E-state index >= 15 is 0 Å². The van der Waals surface area contributed by atoms with Crippen LogP contribution in [0.1, 0.15) is 5.89 Å². The summed E-state index contributed by atoms with van der Waals surface area (Å²) in [5.41, 5.74) is 0.896. The summed E-state index contributed by atoms with van der Waals surface area (Å²) in [4.78, 5) is 6.52. The molecule has 0 spiro atoms. The lowest BCUT2D eigenvalue weighted by Gasteiger charge is -2.26. The van der Waals surface area contributed by atoms with E-state index in [1.807, 2.05) is 31.3 Å². The zero-order valence-electron chi connectivity index (χ0n) is 13.4. The first-order chi connectivity index (χ1) is 11.2. The molecule has 1 aromatic heterocycles. The Labute approximate surface area is 135 Å². The maximum atomic E-state index is 5.64. The Morgan fingerprint density at radius 3 is 2.78 bits per heavy atom. The predicted molar refractivity (Wildman–Crippen MR) is 83.2 cm³/mol. The second-order valence-electron chi connectivity index (χ2n) is 5.50. The van der Waals surface area contributed by atoms with E-state index in [9.17, 15) is 0 Å². The standard InChI is InChI=1S/C16H21N3O4/c1-19(9-14-11-21-7-8-22-14)10-15-17-16(18-23-15)12-3-5-13(20-2)6-4-12/h3-6,14H,7-11H2,1-2H3. The lowest BCUT2D eigenvalue weighted by Crippen LogP contribution is -2.38. The predicted octanol–water partition coefficient (Wildman–Crippen LogP) is 1.59. The second kappa shape index (κ2) is 7.54. The molecule has 1 saturated heterocycles. The lowest BCUT2D eigenvalue weighted by molar-refractivity contribution is -0.0967. The van der Waals surface area contributed by atoms with Crippen LogP contribution in [-0.2, 0) is 16.0 Å². The fourth-order valence-corrected chi connectivity index (χ4v) is 2.46. The Morgan fingerprint density at radius 1 is 1.26 bits per heavy atom. The monoisotopic (exact) mass is 319 g/mol. The van der Waals surface area contributed by atoms with Crippen molar-refractivity contribution in [2.24, 2.45) is 0 Å². The van der Waals surface area contributed by atoms with E-state index < -0.39 is 0 Å². The van der Waals surface area contributed by atoms with Crippen molar-refractivity contribution in [1.29, 1.82) is 0 Å². The molecule has 7 heteroatoms. The van der Waals surface area contributed by atoms with Gasteiger partial charge in [0.2, 0.25) is 11.7 Å². The highest BCUT2D eigenvalue weighted by Crippen LogP contribution is 2.20. The maximum absolute atomic E-state index is 5.64. The highest BCUT2D eigenvalue weighted by Gasteiger charge is 2.18. The van der Waals surface area contributed by atoms with Gasteiger partial charge >= 0.3 is 0 Å². The van der Waals surface area contributed by atoms with Gasteiger partial charge in [0.1, 0.15) is 5.75 Å². The van der Waals surface area contributed by atoms with Crippen LogP contribution in [0.5, 0.6) is 5.75 Å². The number of nitrogens with zero attached hydrogens (tertiary/aromatic N) is 3. The minimum absolute atomic E-state index is 0.0951. The number of benzene rings is 1. The number of ether oxygens (including phenoxy) is 3. The lowest BCUT2D eigenvalue weighted by atomic mass is 10.2. The quantitative estimate of drug-likeness (QED) is 0.801. The molecule has 0 bridgehead atoms. The minimum Gasteiger partial charge on any atom is -0.497 e. The van der Waals surface area contributed by atoms with Crippen LogP contribution < -0.4 is 4.74 Å². The van der Waals surface area contributed by atoms with E-state index in [2.05, 4.69) is 15.0 Å². The van der Waals surface area contributed by atoms with E-state index in [1.165, 1.54) is 0 Å². The zero-order valence-corrected chi connectivity index (χ0v) is 13.4. The van der Waals surface area contributed by atoms with Gasteiger partial charge in [-0.25, -0.2) is 0 Å². The van der Waals surface area contributed by atoms with E-state index in [-0.39, 0.29) is 6.10 Å². The molecule has 23 heavy (non-hydrogen) atoms. The van der Waals surface area contributed by atoms with Gasteiger partial charge in [0.15, 0.2) is 0 Å². The highest BCUT2D eigenvalue weighted by molar-refractivity contribution is 5.55. The van der Waals surface area contributed by atoms with Gasteiger partial charge in [-0.1, -0.05) is 5.16 Å². The Balaban J connectivity index is 1.57. The van der Waals surface area contributed by atoms with Crippen molar-refractivity contribution >= 4 is 0 Å². The van der Waals surface area contributed by atoms with Gasteiger partial charge < -0.3 is 18.7 Å². The molecule has 1 fully saturated rings. The van der Waals surface area contributed by atoms with Crippen molar-refractivity contribution < 1.29 is 18.7 Å². The van der Waals surface area contributed by atoms with E-state index in [4.69, 9.17) is 18.7 Å². The fourth-order valence-electron chi connectivity index (χ4n) is 2.46. The minimum atomic E-state index is 0.0951. The zero-order chi connectivity index (χ0) is 16.1. The van der Waals surface area contributed by atoms with Gasteiger partial charge in [-0.05, 0) is 31.3 Å². The van der Waals surface area contributed by atoms with Gasteiger partial charge in [0, 0.05) is 12.1 Å². The third-order valence-electron chi connectivity index (χ3n) is 3.62. The number of aromatic nitrogens is 2. The second-order valence-corrected chi connectivity index (χ2v) is 5.50. The molecular formula is C16H21N3O4. The van der Waals surface area contributed by atoms with Crippen LogP contribution >= 0.6 is 0 Å². The third kappa shape index (κ3) is 4.28. The summed E-state index contributed by atoms with van der Waals surface area (Å²) in [6.45, 7) is 3.30. The summed E-state index contributed by atoms with van der Waals surface area (Å²) in [5, 5.41) is 4.03. The van der Waals surface area contributed by atoms with Crippen molar-refractivity contribution in [3.8, 4) is 17.1 Å². The molecule has 7 nitrogen and oxygen atoms in total. The molecule has 1 aromatic carbocycles. The number of likely N-dealkylation sites (N-methyl/N-ethyl adjacent to an activating group) is 1. The van der Waals surface area contributed by atoms with Crippen molar-refractivity contribution in [3.05, 3.63) is 30.2 Å². The number of methoxy groups -OCH3 is 1. The molecule has 0 N–H and O–H groups in total. The Morgan fingerprint density at radius 2 is 2.09 bits per heavy atom. The molecule has 1 aliphatic rings. The largest absolute Gasteiger partial charge is 0.497 e. The third-order valence-corrected chi connectivity index (χ3v) is 3.62. The smallest absolute Gasteiger partial charge is 0.241 e. The first-order valence-electron chi connectivity index (χ1n) is 7.59. The van der Waals surface area contributed by atoms with Gasteiger partial charge in [-0.3, -0.25) is 4.90 Å². The van der Waals surface area contributed by atoms with Crippen molar-refractivity contribution in [3.63, 3.8) is 0 Å². The number of rotatable bonds is 6.